The van der Waals surface area contributed by atoms with Crippen molar-refractivity contribution < 1.29 is 44.5 Å². The minimum Gasteiger partial charge on any atom is -0.393 e. The van der Waals surface area contributed by atoms with Crippen LogP contribution < -0.4 is 16.8 Å². The third-order valence-electron chi connectivity index (χ3n) is 8.22. The summed E-state index contributed by atoms with van der Waals surface area (Å²) in [5, 5.41) is 56.8. The summed E-state index contributed by atoms with van der Waals surface area (Å²) >= 11 is 0. The summed E-state index contributed by atoms with van der Waals surface area (Å²) in [6.07, 6.45) is -3.68. The number of hydrogen-bond acceptors (Lipinski definition) is 11. The fourth-order valence-corrected chi connectivity index (χ4v) is 5.52. The topological polar surface area (TPSA) is 210 Å². The Kier molecular flexibility index (Phi) is 11.5. The van der Waals surface area contributed by atoms with Gasteiger partial charge in [0.2, 0.25) is 5.91 Å². The van der Waals surface area contributed by atoms with Crippen LogP contribution in [0.4, 0.5) is 0 Å². The van der Waals surface area contributed by atoms with Crippen molar-refractivity contribution in [3.63, 3.8) is 0 Å². The van der Waals surface area contributed by atoms with E-state index in [1.807, 2.05) is 33.8 Å². The van der Waals surface area contributed by atoms with Gasteiger partial charge in [-0.15, -0.1) is 0 Å². The van der Waals surface area contributed by atoms with Crippen LogP contribution in [0.1, 0.15) is 66.7 Å². The highest BCUT2D eigenvalue weighted by molar-refractivity contribution is 5.80. The summed E-state index contributed by atoms with van der Waals surface area (Å²) in [7, 11) is 0. The standard InChI is InChI=1S/C28H51N3O9/c1-13(2)6-7-18(39-27-25(35)23(30)24(34)15(5)38-27)10-21-22(26(36)31-17-8-16(29)9-17)20(33)12-28(37,40-21)11-19(32)14(3)4/h6-7,13-25,27,32-35,37H,8-12,29-30H2,1-5H3,(H,31,36)/b7-6+/t15?,16?,17?,18?,19?,20-,21-,22?,23?,24?,25?,27?,28?/m0/s1. The second kappa shape index (κ2) is 13.9. The van der Waals surface area contributed by atoms with Gasteiger partial charge >= 0.3 is 0 Å². The van der Waals surface area contributed by atoms with Crippen LogP contribution in [0, 0.1) is 17.8 Å². The molecule has 2 heterocycles. The Morgan fingerprint density at radius 3 is 2.35 bits per heavy atom. The Balaban J connectivity index is 1.86. The maximum Gasteiger partial charge on any atom is 0.228 e. The molecule has 0 aromatic carbocycles. The van der Waals surface area contributed by atoms with Crippen LogP contribution in [-0.2, 0) is 19.0 Å². The number of hydrogen-bond donors (Lipinski definition) is 8. The van der Waals surface area contributed by atoms with E-state index < -0.39 is 72.7 Å². The van der Waals surface area contributed by atoms with Gasteiger partial charge in [0.05, 0.1) is 48.6 Å². The largest absolute Gasteiger partial charge is 0.393 e. The van der Waals surface area contributed by atoms with E-state index in [1.165, 1.54) is 0 Å². The summed E-state index contributed by atoms with van der Waals surface area (Å²) in [5.41, 5.74) is 11.9. The molecule has 0 bridgehead atoms. The molecule has 12 heteroatoms. The zero-order valence-corrected chi connectivity index (χ0v) is 24.3. The molecule has 2 aliphatic heterocycles. The summed E-state index contributed by atoms with van der Waals surface area (Å²) in [6.45, 7) is 9.19. The maximum atomic E-state index is 13.4. The fourth-order valence-electron chi connectivity index (χ4n) is 5.52. The van der Waals surface area contributed by atoms with Crippen molar-refractivity contribution >= 4 is 5.91 Å². The lowest BCUT2D eigenvalue weighted by Crippen LogP contribution is -2.62. The number of carbonyl (C=O) groups is 1. The van der Waals surface area contributed by atoms with Crippen molar-refractivity contribution in [3.8, 4) is 0 Å². The van der Waals surface area contributed by atoms with Gasteiger partial charge in [-0.1, -0.05) is 39.8 Å². The third kappa shape index (κ3) is 8.43. The second-order valence-corrected chi connectivity index (χ2v) is 12.7. The number of nitrogens with two attached hydrogens (primary N) is 2. The molecule has 2 saturated heterocycles. The lowest BCUT2D eigenvalue weighted by molar-refractivity contribution is -0.307. The summed E-state index contributed by atoms with van der Waals surface area (Å²) in [6, 6.07) is -1.08. The van der Waals surface area contributed by atoms with Crippen molar-refractivity contribution in [2.45, 2.75) is 140 Å². The molecular formula is C28H51N3O9. The number of rotatable bonds is 11. The van der Waals surface area contributed by atoms with Crippen molar-refractivity contribution in [1.82, 2.24) is 5.32 Å². The SMILES string of the molecule is CC(C)/C=C/C(C[C@@H]1OC(O)(CC(O)C(C)C)C[C@H](O)C1C(=O)NC1CC(N)C1)OC1OC(C)C(O)C(N)C1O. The average Bonchev–Trinajstić information content (AvgIpc) is 2.82. The molecule has 12 nitrogen and oxygen atoms in total. The zero-order chi connectivity index (χ0) is 29.9. The van der Waals surface area contributed by atoms with Crippen LogP contribution in [-0.4, -0.2) is 104 Å². The molecule has 0 aromatic rings. The molecule has 0 spiro atoms. The minimum atomic E-state index is -1.88. The molecule has 1 aliphatic carbocycles. The van der Waals surface area contributed by atoms with Crippen LogP contribution >= 0.6 is 0 Å². The van der Waals surface area contributed by atoms with E-state index in [0.717, 1.165) is 0 Å². The van der Waals surface area contributed by atoms with Gasteiger partial charge in [0, 0.05) is 31.3 Å². The molecule has 1 saturated carbocycles. The first-order chi connectivity index (χ1) is 18.6. The van der Waals surface area contributed by atoms with Crippen LogP contribution in [0.5, 0.6) is 0 Å². The van der Waals surface area contributed by atoms with Gasteiger partial charge in [0.1, 0.15) is 6.10 Å². The first kappa shape index (κ1) is 33.3. The molecule has 0 aromatic heterocycles. The molecule has 1 amide bonds. The van der Waals surface area contributed by atoms with Crippen LogP contribution in [0.15, 0.2) is 12.2 Å². The Morgan fingerprint density at radius 1 is 1.12 bits per heavy atom. The van der Waals surface area contributed by atoms with Gasteiger partial charge in [0.15, 0.2) is 12.1 Å². The number of nitrogens with one attached hydrogen (secondary N) is 1. The smallest absolute Gasteiger partial charge is 0.228 e. The summed E-state index contributed by atoms with van der Waals surface area (Å²) in [5.74, 6) is -3.35. The van der Waals surface area contributed by atoms with Gasteiger partial charge in [-0.05, 0) is 31.6 Å². The quantitative estimate of drug-likeness (QED) is 0.144. The van der Waals surface area contributed by atoms with Crippen molar-refractivity contribution in [3.05, 3.63) is 12.2 Å². The Labute approximate surface area is 237 Å². The molecular weight excluding hydrogens is 522 g/mol. The van der Waals surface area contributed by atoms with E-state index in [1.54, 1.807) is 13.0 Å². The molecule has 40 heavy (non-hydrogen) atoms. The lowest BCUT2D eigenvalue weighted by atomic mass is 9.80. The minimum absolute atomic E-state index is 0.0153. The highest BCUT2D eigenvalue weighted by Crippen LogP contribution is 2.38. The first-order valence-electron chi connectivity index (χ1n) is 14.5. The highest BCUT2D eigenvalue weighted by Gasteiger charge is 2.51. The van der Waals surface area contributed by atoms with Crippen LogP contribution in [0.3, 0.4) is 0 Å². The number of aliphatic hydroxyl groups excluding tert-OH is 4. The molecule has 10 N–H and O–H groups in total. The average molecular weight is 574 g/mol. The Morgan fingerprint density at radius 2 is 1.77 bits per heavy atom. The van der Waals surface area contributed by atoms with E-state index in [-0.39, 0.29) is 43.2 Å². The first-order valence-corrected chi connectivity index (χ1v) is 14.5. The van der Waals surface area contributed by atoms with Gasteiger partial charge in [-0.25, -0.2) is 0 Å². The number of allylic oxidation sites excluding steroid dienone is 1. The third-order valence-corrected chi connectivity index (χ3v) is 8.22. The molecule has 3 aliphatic rings. The van der Waals surface area contributed by atoms with Crippen molar-refractivity contribution in [1.29, 1.82) is 0 Å². The lowest BCUT2D eigenvalue weighted by Gasteiger charge is -2.46. The van der Waals surface area contributed by atoms with E-state index in [0.29, 0.717) is 12.8 Å². The molecule has 0 radical (unpaired) electrons. The summed E-state index contributed by atoms with van der Waals surface area (Å²) < 4.78 is 18.0. The zero-order valence-electron chi connectivity index (χ0n) is 24.3. The summed E-state index contributed by atoms with van der Waals surface area (Å²) in [4.78, 5) is 13.4. The number of aliphatic hydroxyl groups is 5. The molecule has 3 fully saturated rings. The van der Waals surface area contributed by atoms with E-state index in [2.05, 4.69) is 5.32 Å². The molecule has 3 rings (SSSR count). The Bertz CT molecular complexity index is 855. The van der Waals surface area contributed by atoms with Gasteiger partial charge in [-0.2, -0.15) is 0 Å². The molecule has 9 unspecified atom stereocenters. The van der Waals surface area contributed by atoms with E-state index in [9.17, 15) is 30.3 Å². The van der Waals surface area contributed by atoms with Gasteiger partial charge in [0.25, 0.3) is 0 Å². The normalized spacial score (nSPS) is 42.1. The van der Waals surface area contributed by atoms with E-state index in [4.69, 9.17) is 25.7 Å². The van der Waals surface area contributed by atoms with Crippen molar-refractivity contribution in [2.24, 2.45) is 29.2 Å². The molecule has 232 valence electrons. The van der Waals surface area contributed by atoms with Gasteiger partial charge in [-0.3, -0.25) is 4.79 Å². The highest BCUT2D eigenvalue weighted by atomic mass is 16.7. The van der Waals surface area contributed by atoms with E-state index >= 15 is 0 Å². The van der Waals surface area contributed by atoms with Crippen molar-refractivity contribution in [2.75, 3.05) is 0 Å². The Hall–Kier alpha value is -1.19. The fraction of sp³-hybridized carbons (Fsp3) is 0.893. The predicted octanol–water partition coefficient (Wildman–Crippen LogP) is -0.765. The number of carbonyl (C=O) groups excluding carboxylic acids is 1. The number of amides is 1. The van der Waals surface area contributed by atoms with Crippen LogP contribution in [0.2, 0.25) is 0 Å². The van der Waals surface area contributed by atoms with Crippen LogP contribution in [0.25, 0.3) is 0 Å². The maximum absolute atomic E-state index is 13.4. The van der Waals surface area contributed by atoms with Gasteiger partial charge < -0.3 is 56.5 Å². The number of ether oxygens (including phenoxy) is 3. The predicted molar refractivity (Wildman–Crippen MR) is 146 cm³/mol. The molecule has 11 atom stereocenters. The monoisotopic (exact) mass is 573 g/mol. The second-order valence-electron chi connectivity index (χ2n) is 12.7.